The van der Waals surface area contributed by atoms with E-state index in [2.05, 4.69) is 13.0 Å². The predicted octanol–water partition coefficient (Wildman–Crippen LogP) is 4.65. The fourth-order valence-electron chi connectivity index (χ4n) is 9.43. The van der Waals surface area contributed by atoms with Gasteiger partial charge in [-0.25, -0.2) is 4.79 Å². The van der Waals surface area contributed by atoms with Crippen LogP contribution in [0.2, 0.25) is 0 Å². The largest absolute Gasteiger partial charge is 0.451 e. The van der Waals surface area contributed by atoms with Crippen molar-refractivity contribution in [3.63, 3.8) is 0 Å². The molecule has 7 aliphatic rings. The van der Waals surface area contributed by atoms with Gasteiger partial charge in [-0.3, -0.25) is 4.79 Å². The molecule has 6 aliphatic carbocycles. The Hall–Kier alpha value is -1.09. The van der Waals surface area contributed by atoms with E-state index in [-0.39, 0.29) is 22.8 Å². The van der Waals surface area contributed by atoms with Crippen LogP contribution in [-0.2, 0) is 14.3 Å². The Bertz CT molecular complexity index is 888. The molecule has 7 rings (SSSR count). The van der Waals surface area contributed by atoms with Crippen LogP contribution in [0.15, 0.2) is 22.8 Å². The minimum absolute atomic E-state index is 0.128. The zero-order chi connectivity index (χ0) is 19.0. The third-order valence-corrected chi connectivity index (χ3v) is 10.7. The van der Waals surface area contributed by atoms with E-state index in [0.29, 0.717) is 47.0 Å². The molecule has 28 heavy (non-hydrogen) atoms. The summed E-state index contributed by atoms with van der Waals surface area (Å²) in [4.78, 5) is 24.4. The molecule has 0 N–H and O–H groups in total. The van der Waals surface area contributed by atoms with Crippen molar-refractivity contribution >= 4 is 23.4 Å². The van der Waals surface area contributed by atoms with E-state index in [9.17, 15) is 9.59 Å². The third-order valence-electron chi connectivity index (χ3n) is 10.3. The van der Waals surface area contributed by atoms with Crippen molar-refractivity contribution in [2.24, 2.45) is 52.8 Å². The Kier molecular flexibility index (Phi) is 2.96. The Morgan fingerprint density at radius 3 is 2.75 bits per heavy atom. The van der Waals surface area contributed by atoms with Crippen molar-refractivity contribution in [2.45, 2.75) is 57.5 Å². The molecule has 5 fully saturated rings. The number of hydrogen-bond donors (Lipinski definition) is 0. The SMILES string of the molecule is CC[C@]12CC[C@H]3[C@@H]([C@H]4C[C@H]4C4=C(Cl)C(=O)CC[C@@H]43)[C@@H]1[C@@H]1C[C@@H]1[C@@]21C=CC(=O)O1. The van der Waals surface area contributed by atoms with Gasteiger partial charge in [-0.15, -0.1) is 0 Å². The molecule has 148 valence electrons. The lowest BCUT2D eigenvalue weighted by atomic mass is 9.48. The van der Waals surface area contributed by atoms with Gasteiger partial charge in [-0.2, -0.15) is 0 Å². The van der Waals surface area contributed by atoms with Crippen LogP contribution in [0.3, 0.4) is 0 Å². The van der Waals surface area contributed by atoms with Crippen LogP contribution in [0.4, 0.5) is 0 Å². The van der Waals surface area contributed by atoms with Gasteiger partial charge in [-0.1, -0.05) is 18.5 Å². The molecule has 0 saturated heterocycles. The summed E-state index contributed by atoms with van der Waals surface area (Å²) in [5.41, 5.74) is 1.16. The van der Waals surface area contributed by atoms with Crippen molar-refractivity contribution in [3.05, 3.63) is 22.8 Å². The second-order valence-corrected chi connectivity index (χ2v) is 11.1. The van der Waals surface area contributed by atoms with Crippen molar-refractivity contribution in [3.8, 4) is 0 Å². The molecule has 0 aromatic carbocycles. The topological polar surface area (TPSA) is 43.4 Å². The normalized spacial score (nSPS) is 57.4. The standard InChI is InChI=1S/C24H27ClO3/c1-2-23-7-5-12-11-3-4-17(26)22(25)20(11)14-9-13(14)19(12)21(23)15-10-16(15)24(23)8-6-18(27)28-24/h6,8,11-16,19,21H,2-5,7,9-10H2,1H3/t11-,12-,13+,14-,15-,16+,19+,21+,23+,24+/m1/s1. The zero-order valence-electron chi connectivity index (χ0n) is 16.3. The molecule has 0 amide bonds. The number of allylic oxidation sites excluding steroid dienone is 1. The molecule has 0 aromatic rings. The summed E-state index contributed by atoms with van der Waals surface area (Å²) in [6, 6.07) is 0. The molecule has 3 nitrogen and oxygen atoms in total. The van der Waals surface area contributed by atoms with Crippen LogP contribution < -0.4 is 0 Å². The average molecular weight is 399 g/mol. The van der Waals surface area contributed by atoms with Crippen LogP contribution in [0.25, 0.3) is 0 Å². The van der Waals surface area contributed by atoms with Gasteiger partial charge in [0.05, 0.1) is 5.03 Å². The minimum Gasteiger partial charge on any atom is -0.451 e. The Labute approximate surface area is 170 Å². The molecule has 1 heterocycles. The number of fused-ring (bicyclic) bond motifs is 12. The van der Waals surface area contributed by atoms with E-state index in [1.807, 2.05) is 0 Å². The van der Waals surface area contributed by atoms with Gasteiger partial charge < -0.3 is 4.74 Å². The highest BCUT2D eigenvalue weighted by Gasteiger charge is 2.80. The van der Waals surface area contributed by atoms with Gasteiger partial charge in [0.15, 0.2) is 5.78 Å². The van der Waals surface area contributed by atoms with Gasteiger partial charge in [0, 0.05) is 23.8 Å². The number of ketones is 1. The summed E-state index contributed by atoms with van der Waals surface area (Å²) in [6.07, 6.45) is 11.4. The van der Waals surface area contributed by atoms with Crippen LogP contribution in [0, 0.1) is 52.8 Å². The van der Waals surface area contributed by atoms with Gasteiger partial charge in [0.25, 0.3) is 0 Å². The van der Waals surface area contributed by atoms with Crippen LogP contribution >= 0.6 is 11.6 Å². The molecule has 0 aromatic heterocycles. The third kappa shape index (κ3) is 1.65. The molecule has 4 heteroatoms. The summed E-state index contributed by atoms with van der Waals surface area (Å²) in [6.45, 7) is 2.33. The lowest BCUT2D eigenvalue weighted by molar-refractivity contribution is -0.172. The Morgan fingerprint density at radius 1 is 1.14 bits per heavy atom. The molecular formula is C24H27ClO3. The number of ether oxygens (including phenoxy) is 1. The predicted molar refractivity (Wildman–Crippen MR) is 104 cm³/mol. The van der Waals surface area contributed by atoms with E-state index in [0.717, 1.165) is 31.1 Å². The number of carbonyl (C=O) groups is 2. The number of halogens is 1. The molecule has 5 saturated carbocycles. The number of hydrogen-bond acceptors (Lipinski definition) is 3. The number of Topliss-reactive ketones (excluding diaryl/α,β-unsaturated/α-hetero) is 1. The Morgan fingerprint density at radius 2 is 2.00 bits per heavy atom. The number of carbonyl (C=O) groups excluding carboxylic acids is 2. The highest BCUT2D eigenvalue weighted by molar-refractivity contribution is 6.43. The first-order valence-corrected chi connectivity index (χ1v) is 11.7. The monoisotopic (exact) mass is 398 g/mol. The first-order valence-electron chi connectivity index (χ1n) is 11.4. The van der Waals surface area contributed by atoms with Gasteiger partial charge in [0.2, 0.25) is 0 Å². The van der Waals surface area contributed by atoms with Crippen molar-refractivity contribution < 1.29 is 14.3 Å². The second kappa shape index (κ2) is 4.96. The molecule has 0 radical (unpaired) electrons. The first kappa shape index (κ1) is 16.7. The highest BCUT2D eigenvalue weighted by Crippen LogP contribution is 2.81. The van der Waals surface area contributed by atoms with E-state index in [1.165, 1.54) is 24.8 Å². The summed E-state index contributed by atoms with van der Waals surface area (Å²) in [5.74, 6) is 5.25. The summed E-state index contributed by atoms with van der Waals surface area (Å²) in [7, 11) is 0. The molecule has 0 unspecified atom stereocenters. The zero-order valence-corrected chi connectivity index (χ0v) is 17.1. The maximum absolute atomic E-state index is 12.3. The summed E-state index contributed by atoms with van der Waals surface area (Å²) < 4.78 is 6.17. The quantitative estimate of drug-likeness (QED) is 0.604. The molecule has 0 bridgehead atoms. The van der Waals surface area contributed by atoms with E-state index in [1.54, 1.807) is 6.08 Å². The van der Waals surface area contributed by atoms with Crippen molar-refractivity contribution in [2.75, 3.05) is 0 Å². The van der Waals surface area contributed by atoms with E-state index < -0.39 is 0 Å². The van der Waals surface area contributed by atoms with E-state index in [4.69, 9.17) is 16.3 Å². The summed E-state index contributed by atoms with van der Waals surface area (Å²) in [5, 5.41) is 0.606. The lowest BCUT2D eigenvalue weighted by Gasteiger charge is -2.58. The Balaban J connectivity index is 1.34. The lowest BCUT2D eigenvalue weighted by Crippen LogP contribution is -2.56. The van der Waals surface area contributed by atoms with Crippen LogP contribution in [-0.4, -0.2) is 17.4 Å². The number of esters is 1. The highest BCUT2D eigenvalue weighted by atomic mass is 35.5. The average Bonchev–Trinajstić information content (AvgIpc) is 3.60. The van der Waals surface area contributed by atoms with Crippen LogP contribution in [0.5, 0.6) is 0 Å². The molecule has 1 spiro atoms. The summed E-state index contributed by atoms with van der Waals surface area (Å²) >= 11 is 6.57. The fourth-order valence-corrected chi connectivity index (χ4v) is 9.81. The van der Waals surface area contributed by atoms with Crippen molar-refractivity contribution in [1.82, 2.24) is 0 Å². The minimum atomic E-state index is -0.320. The second-order valence-electron chi connectivity index (χ2n) is 10.7. The van der Waals surface area contributed by atoms with Gasteiger partial charge >= 0.3 is 5.97 Å². The van der Waals surface area contributed by atoms with Crippen LogP contribution in [0.1, 0.15) is 51.9 Å². The van der Waals surface area contributed by atoms with E-state index >= 15 is 0 Å². The maximum atomic E-state index is 12.3. The smallest absolute Gasteiger partial charge is 0.331 e. The van der Waals surface area contributed by atoms with Crippen molar-refractivity contribution in [1.29, 1.82) is 0 Å². The molecular weight excluding hydrogens is 372 g/mol. The first-order chi connectivity index (χ1) is 13.5. The maximum Gasteiger partial charge on any atom is 0.331 e. The number of rotatable bonds is 1. The van der Waals surface area contributed by atoms with Gasteiger partial charge in [0.1, 0.15) is 5.60 Å². The molecule has 1 aliphatic heterocycles. The molecule has 10 atom stereocenters. The van der Waals surface area contributed by atoms with Gasteiger partial charge in [-0.05, 0) is 91.6 Å². The fraction of sp³-hybridized carbons (Fsp3) is 0.750.